The van der Waals surface area contributed by atoms with E-state index >= 15 is 0 Å². The van der Waals surface area contributed by atoms with E-state index in [1.165, 1.54) is 12.3 Å². The lowest BCUT2D eigenvalue weighted by Crippen LogP contribution is -2.57. The van der Waals surface area contributed by atoms with Gasteiger partial charge in [-0.3, -0.25) is 4.79 Å². The van der Waals surface area contributed by atoms with E-state index in [0.717, 1.165) is 25.9 Å². The SMILES string of the molecule is CN(C)C1CN(c2cc3c(cc2F)c(=O)c(OC(=O)O)cn3C2CC2)C1. The van der Waals surface area contributed by atoms with Crippen LogP contribution in [0.1, 0.15) is 18.9 Å². The highest BCUT2D eigenvalue weighted by Crippen LogP contribution is 2.39. The van der Waals surface area contributed by atoms with Gasteiger partial charge in [0.2, 0.25) is 5.43 Å². The van der Waals surface area contributed by atoms with Crippen molar-refractivity contribution in [2.45, 2.75) is 24.9 Å². The lowest BCUT2D eigenvalue weighted by Gasteiger charge is -2.44. The van der Waals surface area contributed by atoms with Crippen LogP contribution in [0.5, 0.6) is 5.75 Å². The molecule has 0 spiro atoms. The molecule has 0 unspecified atom stereocenters. The van der Waals surface area contributed by atoms with Crippen molar-refractivity contribution in [3.63, 3.8) is 0 Å². The molecule has 0 radical (unpaired) electrons. The van der Waals surface area contributed by atoms with Crippen molar-refractivity contribution in [1.82, 2.24) is 9.47 Å². The monoisotopic (exact) mass is 361 g/mol. The molecule has 2 heterocycles. The van der Waals surface area contributed by atoms with E-state index in [0.29, 0.717) is 17.2 Å². The average molecular weight is 361 g/mol. The summed E-state index contributed by atoms with van der Waals surface area (Å²) in [4.78, 5) is 27.4. The number of aromatic nitrogens is 1. The Labute approximate surface area is 149 Å². The number of pyridine rings is 1. The van der Waals surface area contributed by atoms with Gasteiger partial charge in [0.25, 0.3) is 0 Å². The minimum atomic E-state index is -1.56. The molecule has 0 amide bonds. The number of halogens is 1. The van der Waals surface area contributed by atoms with Crippen LogP contribution in [0.25, 0.3) is 10.9 Å². The quantitative estimate of drug-likeness (QED) is 0.842. The number of ether oxygens (including phenoxy) is 1. The topological polar surface area (TPSA) is 75.0 Å². The van der Waals surface area contributed by atoms with Gasteiger partial charge >= 0.3 is 6.16 Å². The van der Waals surface area contributed by atoms with Crippen LogP contribution in [-0.4, -0.2) is 54.0 Å². The van der Waals surface area contributed by atoms with Crippen molar-refractivity contribution in [1.29, 1.82) is 0 Å². The Bertz CT molecular complexity index is 946. The molecule has 0 atom stereocenters. The van der Waals surface area contributed by atoms with Gasteiger partial charge in [-0.25, -0.2) is 9.18 Å². The molecule has 1 saturated carbocycles. The molecule has 8 heteroatoms. The number of carboxylic acid groups (broad SMARTS) is 1. The highest BCUT2D eigenvalue weighted by molar-refractivity contribution is 5.85. The lowest BCUT2D eigenvalue weighted by atomic mass is 10.0. The zero-order chi connectivity index (χ0) is 18.6. The van der Waals surface area contributed by atoms with Gasteiger partial charge in [0, 0.05) is 25.2 Å². The van der Waals surface area contributed by atoms with Gasteiger partial charge in [0.05, 0.1) is 22.8 Å². The summed E-state index contributed by atoms with van der Waals surface area (Å²) in [5, 5.41) is 8.97. The van der Waals surface area contributed by atoms with Gasteiger partial charge in [-0.2, -0.15) is 0 Å². The summed E-state index contributed by atoms with van der Waals surface area (Å²) in [5.74, 6) is -0.776. The summed E-state index contributed by atoms with van der Waals surface area (Å²) in [6.07, 6.45) is 1.74. The van der Waals surface area contributed by atoms with E-state index in [1.54, 1.807) is 6.07 Å². The first-order chi connectivity index (χ1) is 12.3. The van der Waals surface area contributed by atoms with E-state index in [4.69, 9.17) is 5.11 Å². The van der Waals surface area contributed by atoms with Gasteiger partial charge in [-0.1, -0.05) is 0 Å². The fraction of sp³-hybridized carbons (Fsp3) is 0.444. The van der Waals surface area contributed by atoms with Crippen molar-refractivity contribution < 1.29 is 19.0 Å². The normalized spacial score (nSPS) is 17.6. The molecule has 1 saturated heterocycles. The average Bonchev–Trinajstić information content (AvgIpc) is 3.33. The summed E-state index contributed by atoms with van der Waals surface area (Å²) in [7, 11) is 3.99. The molecule has 2 aliphatic rings. The summed E-state index contributed by atoms with van der Waals surface area (Å²) >= 11 is 0. The molecule has 1 aromatic heterocycles. The first kappa shape index (κ1) is 16.8. The Morgan fingerprint density at radius 3 is 2.58 bits per heavy atom. The predicted octanol–water partition coefficient (Wildman–Crippen LogP) is 2.28. The van der Waals surface area contributed by atoms with Crippen LogP contribution in [0.3, 0.4) is 0 Å². The maximum absolute atomic E-state index is 14.7. The Hall–Kier alpha value is -2.61. The second-order valence-corrected chi connectivity index (χ2v) is 7.17. The number of rotatable bonds is 4. The lowest BCUT2D eigenvalue weighted by molar-refractivity contribution is 0.143. The number of nitrogens with zero attached hydrogens (tertiary/aromatic N) is 3. The van der Waals surface area contributed by atoms with E-state index in [2.05, 4.69) is 9.64 Å². The van der Waals surface area contributed by atoms with Crippen LogP contribution < -0.4 is 15.1 Å². The molecule has 1 N–H and O–H groups in total. The largest absolute Gasteiger partial charge is 0.511 e. The standard InChI is InChI=1S/C18H20FN3O4/c1-20(2)11-7-21(8-11)15-6-14-12(5-13(15)19)17(23)16(26-18(24)25)9-22(14)10-3-4-10/h5-6,9-11H,3-4,7-8H2,1-2H3,(H,24,25). The Morgan fingerprint density at radius 2 is 2.00 bits per heavy atom. The zero-order valence-electron chi connectivity index (χ0n) is 14.6. The third-order valence-corrected chi connectivity index (χ3v) is 5.14. The van der Waals surface area contributed by atoms with Crippen molar-refractivity contribution >= 4 is 22.7 Å². The number of benzene rings is 1. The van der Waals surface area contributed by atoms with Crippen LogP contribution in [0.4, 0.5) is 14.9 Å². The number of hydrogen-bond donors (Lipinski definition) is 1. The van der Waals surface area contributed by atoms with E-state index in [-0.39, 0.29) is 17.2 Å². The fourth-order valence-electron chi connectivity index (χ4n) is 3.38. The van der Waals surface area contributed by atoms with Gasteiger partial charge < -0.3 is 24.2 Å². The number of hydrogen-bond acceptors (Lipinski definition) is 5. The maximum Gasteiger partial charge on any atom is 0.511 e. The summed E-state index contributed by atoms with van der Waals surface area (Å²) in [5.41, 5.74) is 0.468. The number of likely N-dealkylation sites (N-methyl/N-ethyl adjacent to an activating group) is 1. The van der Waals surface area contributed by atoms with Crippen molar-refractivity contribution in [3.8, 4) is 5.75 Å². The predicted molar refractivity (Wildman–Crippen MR) is 94.8 cm³/mol. The molecular formula is C18H20FN3O4. The third-order valence-electron chi connectivity index (χ3n) is 5.14. The van der Waals surface area contributed by atoms with E-state index in [9.17, 15) is 14.0 Å². The van der Waals surface area contributed by atoms with E-state index < -0.39 is 17.4 Å². The summed E-state index contributed by atoms with van der Waals surface area (Å²) < 4.78 is 21.1. The molecule has 1 aliphatic carbocycles. The first-order valence-electron chi connectivity index (χ1n) is 8.55. The molecular weight excluding hydrogens is 341 g/mol. The molecule has 1 aromatic carbocycles. The fourth-order valence-corrected chi connectivity index (χ4v) is 3.38. The molecule has 0 bridgehead atoms. The van der Waals surface area contributed by atoms with Crippen molar-refractivity contribution in [3.05, 3.63) is 34.4 Å². The van der Waals surface area contributed by atoms with Crippen LogP contribution in [0.2, 0.25) is 0 Å². The van der Waals surface area contributed by atoms with Gasteiger partial charge in [0.15, 0.2) is 5.75 Å². The summed E-state index contributed by atoms with van der Waals surface area (Å²) in [6, 6.07) is 3.45. The maximum atomic E-state index is 14.7. The molecule has 2 aromatic rings. The molecule has 26 heavy (non-hydrogen) atoms. The highest BCUT2D eigenvalue weighted by Gasteiger charge is 2.32. The van der Waals surface area contributed by atoms with Crippen LogP contribution >= 0.6 is 0 Å². The number of anilines is 1. The van der Waals surface area contributed by atoms with Crippen molar-refractivity contribution in [2.75, 3.05) is 32.1 Å². The van der Waals surface area contributed by atoms with Crippen LogP contribution in [0, 0.1) is 5.82 Å². The second-order valence-electron chi connectivity index (χ2n) is 7.17. The van der Waals surface area contributed by atoms with Crippen LogP contribution in [-0.2, 0) is 0 Å². The van der Waals surface area contributed by atoms with Gasteiger partial charge in [-0.05, 0) is 39.1 Å². The third kappa shape index (κ3) is 2.80. The second kappa shape index (κ2) is 5.98. The van der Waals surface area contributed by atoms with Crippen molar-refractivity contribution in [2.24, 2.45) is 0 Å². The number of fused-ring (bicyclic) bond motifs is 1. The van der Waals surface area contributed by atoms with Crippen LogP contribution in [0.15, 0.2) is 23.1 Å². The Kier molecular flexibility index (Phi) is 3.87. The Balaban J connectivity index is 1.81. The highest BCUT2D eigenvalue weighted by atomic mass is 19.1. The van der Waals surface area contributed by atoms with Gasteiger partial charge in [-0.15, -0.1) is 0 Å². The Morgan fingerprint density at radius 1 is 1.31 bits per heavy atom. The zero-order valence-corrected chi connectivity index (χ0v) is 14.6. The minimum absolute atomic E-state index is 0.140. The number of carbonyl (C=O) groups is 1. The molecule has 4 rings (SSSR count). The minimum Gasteiger partial charge on any atom is -0.449 e. The van der Waals surface area contributed by atoms with E-state index in [1.807, 2.05) is 23.6 Å². The molecule has 1 aliphatic heterocycles. The molecule has 138 valence electrons. The summed E-state index contributed by atoms with van der Waals surface area (Å²) in [6.45, 7) is 1.45. The molecule has 2 fully saturated rings. The molecule has 7 nitrogen and oxygen atoms in total. The first-order valence-corrected chi connectivity index (χ1v) is 8.55. The van der Waals surface area contributed by atoms with Gasteiger partial charge in [0.1, 0.15) is 5.82 Å². The smallest absolute Gasteiger partial charge is 0.449 e.